The molecule has 2 aliphatic carbocycles. The minimum absolute atomic E-state index is 0.0821. The molecule has 2 unspecified atom stereocenters. The van der Waals surface area contributed by atoms with E-state index < -0.39 is 0 Å². The highest BCUT2D eigenvalue weighted by Gasteiger charge is 2.29. The molecule has 1 saturated carbocycles. The Morgan fingerprint density at radius 1 is 1.24 bits per heavy atom. The van der Waals surface area contributed by atoms with Crippen LogP contribution in [0.3, 0.4) is 0 Å². The van der Waals surface area contributed by atoms with E-state index in [0.29, 0.717) is 5.92 Å². The lowest BCUT2D eigenvalue weighted by atomic mass is 9.90. The van der Waals surface area contributed by atoms with Crippen molar-refractivity contribution in [2.24, 2.45) is 11.8 Å². The first-order chi connectivity index (χ1) is 10.2. The van der Waals surface area contributed by atoms with Gasteiger partial charge in [0, 0.05) is 0 Å². The molecule has 0 aromatic heterocycles. The van der Waals surface area contributed by atoms with Crippen LogP contribution in [-0.2, 0) is 4.79 Å². The van der Waals surface area contributed by atoms with E-state index in [0.717, 1.165) is 12.8 Å². The molecule has 112 valence electrons. The van der Waals surface area contributed by atoms with Crippen molar-refractivity contribution in [2.45, 2.75) is 51.5 Å². The van der Waals surface area contributed by atoms with Crippen LogP contribution in [0.15, 0.2) is 36.4 Å². The van der Waals surface area contributed by atoms with E-state index in [9.17, 15) is 4.79 Å². The van der Waals surface area contributed by atoms with Gasteiger partial charge in [-0.25, -0.2) is 0 Å². The van der Waals surface area contributed by atoms with E-state index in [4.69, 9.17) is 0 Å². The third-order valence-electron chi connectivity index (χ3n) is 4.92. The standard InChI is InChI=1S/C19H25NO/c1-14-7-6-12-17(13-14)18(15-8-2-3-9-15)20-19(21)16-10-4-5-11-16/h4,6-7,10,12-13,15-16,18H,2-3,5,8-9,11H2,1H3,(H,20,21). The van der Waals surface area contributed by atoms with E-state index in [2.05, 4.69) is 48.7 Å². The first kappa shape index (κ1) is 14.4. The number of hydrogen-bond acceptors (Lipinski definition) is 1. The highest BCUT2D eigenvalue weighted by Crippen LogP contribution is 2.36. The van der Waals surface area contributed by atoms with Crippen molar-refractivity contribution < 1.29 is 4.79 Å². The number of aryl methyl sites for hydroxylation is 1. The number of amides is 1. The maximum atomic E-state index is 12.5. The Labute approximate surface area is 127 Å². The molecular weight excluding hydrogens is 258 g/mol. The molecule has 0 heterocycles. The number of rotatable bonds is 4. The second kappa shape index (κ2) is 6.46. The van der Waals surface area contributed by atoms with Gasteiger partial charge in [-0.05, 0) is 44.1 Å². The molecule has 2 heteroatoms. The molecule has 0 aliphatic heterocycles. The molecule has 2 atom stereocenters. The van der Waals surface area contributed by atoms with Crippen molar-refractivity contribution in [3.8, 4) is 0 Å². The summed E-state index contributed by atoms with van der Waals surface area (Å²) in [6.07, 6.45) is 11.3. The Kier molecular flexibility index (Phi) is 4.42. The Morgan fingerprint density at radius 3 is 2.71 bits per heavy atom. The maximum Gasteiger partial charge on any atom is 0.227 e. The summed E-state index contributed by atoms with van der Waals surface area (Å²) in [4.78, 5) is 12.5. The molecule has 1 fully saturated rings. The van der Waals surface area contributed by atoms with Gasteiger partial charge >= 0.3 is 0 Å². The van der Waals surface area contributed by atoms with E-state index >= 15 is 0 Å². The summed E-state index contributed by atoms with van der Waals surface area (Å²) in [5.74, 6) is 0.891. The van der Waals surface area contributed by atoms with Crippen LogP contribution in [0.5, 0.6) is 0 Å². The fourth-order valence-corrected chi connectivity index (χ4v) is 3.74. The lowest BCUT2D eigenvalue weighted by molar-refractivity contribution is -0.124. The van der Waals surface area contributed by atoms with Gasteiger partial charge in [0.1, 0.15) is 0 Å². The van der Waals surface area contributed by atoms with Gasteiger partial charge in [-0.2, -0.15) is 0 Å². The molecule has 0 spiro atoms. The first-order valence-electron chi connectivity index (χ1n) is 8.27. The van der Waals surface area contributed by atoms with Crippen molar-refractivity contribution in [1.29, 1.82) is 0 Å². The zero-order chi connectivity index (χ0) is 14.7. The Bertz CT molecular complexity index is 528. The number of carbonyl (C=O) groups is 1. The predicted octanol–water partition coefficient (Wildman–Crippen LogP) is 4.31. The number of benzene rings is 1. The van der Waals surface area contributed by atoms with Crippen molar-refractivity contribution in [3.05, 3.63) is 47.5 Å². The van der Waals surface area contributed by atoms with Crippen molar-refractivity contribution >= 4 is 5.91 Å². The summed E-state index contributed by atoms with van der Waals surface area (Å²) in [5.41, 5.74) is 2.54. The van der Waals surface area contributed by atoms with Crippen LogP contribution in [0.4, 0.5) is 0 Å². The van der Waals surface area contributed by atoms with Crippen LogP contribution in [0.2, 0.25) is 0 Å². The van der Waals surface area contributed by atoms with Gasteiger partial charge in [0.2, 0.25) is 5.91 Å². The Morgan fingerprint density at radius 2 is 2.05 bits per heavy atom. The molecule has 0 bridgehead atoms. The van der Waals surface area contributed by atoms with E-state index in [-0.39, 0.29) is 17.9 Å². The van der Waals surface area contributed by atoms with Crippen LogP contribution in [0, 0.1) is 18.8 Å². The van der Waals surface area contributed by atoms with E-state index in [1.54, 1.807) is 0 Å². The normalized spacial score (nSPS) is 23.4. The quantitative estimate of drug-likeness (QED) is 0.820. The van der Waals surface area contributed by atoms with Crippen LogP contribution in [-0.4, -0.2) is 5.91 Å². The topological polar surface area (TPSA) is 29.1 Å². The molecule has 2 nitrogen and oxygen atoms in total. The minimum atomic E-state index is 0.0821. The smallest absolute Gasteiger partial charge is 0.227 e. The molecular formula is C19H25NO. The average molecular weight is 283 g/mol. The zero-order valence-corrected chi connectivity index (χ0v) is 12.8. The highest BCUT2D eigenvalue weighted by atomic mass is 16.1. The lowest BCUT2D eigenvalue weighted by Crippen LogP contribution is -2.36. The van der Waals surface area contributed by atoms with E-state index in [1.807, 2.05) is 0 Å². The first-order valence-corrected chi connectivity index (χ1v) is 8.27. The molecule has 0 radical (unpaired) electrons. The Hall–Kier alpha value is -1.57. The van der Waals surface area contributed by atoms with Gasteiger partial charge in [-0.15, -0.1) is 0 Å². The lowest BCUT2D eigenvalue weighted by Gasteiger charge is -2.26. The molecule has 1 aromatic carbocycles. The SMILES string of the molecule is Cc1cccc(C(NC(=O)C2C=CCC2)C2CCCC2)c1. The fourth-order valence-electron chi connectivity index (χ4n) is 3.74. The van der Waals surface area contributed by atoms with Crippen molar-refractivity contribution in [2.75, 3.05) is 0 Å². The van der Waals surface area contributed by atoms with Gasteiger partial charge in [-0.1, -0.05) is 54.8 Å². The molecule has 3 rings (SSSR count). The van der Waals surface area contributed by atoms with Gasteiger partial charge < -0.3 is 5.32 Å². The second-order valence-electron chi connectivity index (χ2n) is 6.56. The fraction of sp³-hybridized carbons (Fsp3) is 0.526. The summed E-state index contributed by atoms with van der Waals surface area (Å²) < 4.78 is 0. The predicted molar refractivity (Wildman–Crippen MR) is 85.9 cm³/mol. The van der Waals surface area contributed by atoms with Crippen molar-refractivity contribution in [1.82, 2.24) is 5.32 Å². The Balaban J connectivity index is 1.78. The van der Waals surface area contributed by atoms with Crippen LogP contribution < -0.4 is 5.32 Å². The summed E-state index contributed by atoms with van der Waals surface area (Å²) >= 11 is 0. The van der Waals surface area contributed by atoms with Gasteiger partial charge in [0.05, 0.1) is 12.0 Å². The highest BCUT2D eigenvalue weighted by molar-refractivity contribution is 5.81. The van der Waals surface area contributed by atoms with Crippen LogP contribution >= 0.6 is 0 Å². The molecule has 2 aliphatic rings. The minimum Gasteiger partial charge on any atom is -0.349 e. The number of nitrogens with one attached hydrogen (secondary N) is 1. The molecule has 1 N–H and O–H groups in total. The van der Waals surface area contributed by atoms with Crippen LogP contribution in [0.1, 0.15) is 55.7 Å². The number of allylic oxidation sites excluding steroid dienone is 1. The number of carbonyl (C=O) groups excluding carboxylic acids is 1. The number of hydrogen-bond donors (Lipinski definition) is 1. The monoisotopic (exact) mass is 283 g/mol. The average Bonchev–Trinajstić information content (AvgIpc) is 3.17. The molecule has 1 amide bonds. The van der Waals surface area contributed by atoms with Gasteiger partial charge in [-0.3, -0.25) is 4.79 Å². The molecule has 0 saturated heterocycles. The van der Waals surface area contributed by atoms with Gasteiger partial charge in [0.15, 0.2) is 0 Å². The summed E-state index contributed by atoms with van der Waals surface area (Å²) in [5, 5.41) is 3.35. The largest absolute Gasteiger partial charge is 0.349 e. The van der Waals surface area contributed by atoms with Gasteiger partial charge in [0.25, 0.3) is 0 Å². The summed E-state index contributed by atoms with van der Waals surface area (Å²) in [6, 6.07) is 8.81. The maximum absolute atomic E-state index is 12.5. The summed E-state index contributed by atoms with van der Waals surface area (Å²) in [6.45, 7) is 2.12. The van der Waals surface area contributed by atoms with Crippen molar-refractivity contribution in [3.63, 3.8) is 0 Å². The third kappa shape index (κ3) is 3.37. The van der Waals surface area contributed by atoms with E-state index in [1.165, 1.54) is 36.8 Å². The molecule has 1 aromatic rings. The molecule has 21 heavy (non-hydrogen) atoms. The summed E-state index contributed by atoms with van der Waals surface area (Å²) in [7, 11) is 0. The van der Waals surface area contributed by atoms with Crippen LogP contribution in [0.25, 0.3) is 0 Å². The zero-order valence-electron chi connectivity index (χ0n) is 12.8. The second-order valence-corrected chi connectivity index (χ2v) is 6.56. The third-order valence-corrected chi connectivity index (χ3v) is 4.92.